The molecule has 0 spiro atoms. The first-order chi connectivity index (χ1) is 13.6. The third kappa shape index (κ3) is 4.52. The Morgan fingerprint density at radius 2 is 1.79 bits per heavy atom. The molecule has 8 heteroatoms. The molecular formula is C21H27FN2O5. The molecule has 2 atom stereocenters. The molecule has 1 aliphatic carbocycles. The Labute approximate surface area is 169 Å². The number of benzene rings is 1. The zero-order chi connectivity index (χ0) is 21.4. The molecule has 1 heterocycles. The quantitative estimate of drug-likeness (QED) is 0.777. The van der Waals surface area contributed by atoms with Crippen LogP contribution in [0.25, 0.3) is 0 Å². The number of halogens is 1. The Kier molecular flexibility index (Phi) is 5.56. The number of hydrogen-bond donors (Lipinski definition) is 1. The molecule has 0 bridgehead atoms. The highest BCUT2D eigenvalue weighted by Crippen LogP contribution is 2.49. The summed E-state index contributed by atoms with van der Waals surface area (Å²) in [4.78, 5) is 38.2. The second-order valence-electron chi connectivity index (χ2n) is 8.62. The summed E-state index contributed by atoms with van der Waals surface area (Å²) in [6.45, 7) is 4.97. The standard InChI is InChI=1S/C21H27FN2O5/c1-20(2,3)29-19(27)24-12-14(22)11-16(24)17(25)23-15-7-5-13(6-8-15)21(9-10-21)18(26)28-4/h5-8,14,16H,9-12H2,1-4H3,(H,23,25)/t14-,16+/m0/s1. The summed E-state index contributed by atoms with van der Waals surface area (Å²) in [7, 11) is 1.37. The average molecular weight is 406 g/mol. The van der Waals surface area contributed by atoms with E-state index in [9.17, 15) is 18.8 Å². The van der Waals surface area contributed by atoms with Crippen LogP contribution in [0.4, 0.5) is 14.9 Å². The highest BCUT2D eigenvalue weighted by molar-refractivity contribution is 5.97. The number of rotatable bonds is 4. The van der Waals surface area contributed by atoms with Gasteiger partial charge in [0.1, 0.15) is 17.8 Å². The van der Waals surface area contributed by atoms with Crippen molar-refractivity contribution in [2.24, 2.45) is 0 Å². The third-order valence-electron chi connectivity index (χ3n) is 5.21. The Hall–Kier alpha value is -2.64. The van der Waals surface area contributed by atoms with E-state index in [1.807, 2.05) is 0 Å². The summed E-state index contributed by atoms with van der Waals surface area (Å²) < 4.78 is 24.1. The second-order valence-corrected chi connectivity index (χ2v) is 8.62. The average Bonchev–Trinajstić information content (AvgIpc) is 3.36. The van der Waals surface area contributed by atoms with Gasteiger partial charge in [-0.2, -0.15) is 0 Å². The van der Waals surface area contributed by atoms with Crippen LogP contribution in [0.15, 0.2) is 24.3 Å². The van der Waals surface area contributed by atoms with Crippen LogP contribution in [0.3, 0.4) is 0 Å². The fourth-order valence-electron chi connectivity index (χ4n) is 3.58. The van der Waals surface area contributed by atoms with Gasteiger partial charge in [0.2, 0.25) is 5.91 Å². The minimum absolute atomic E-state index is 0.0748. The van der Waals surface area contributed by atoms with Gasteiger partial charge in [-0.25, -0.2) is 9.18 Å². The monoisotopic (exact) mass is 406 g/mol. The van der Waals surface area contributed by atoms with Gasteiger partial charge in [-0.3, -0.25) is 14.5 Å². The molecular weight excluding hydrogens is 379 g/mol. The van der Waals surface area contributed by atoms with Gasteiger partial charge in [-0.05, 0) is 51.3 Å². The van der Waals surface area contributed by atoms with Gasteiger partial charge in [0.25, 0.3) is 0 Å². The number of methoxy groups -OCH3 is 1. The topological polar surface area (TPSA) is 84.9 Å². The zero-order valence-electron chi connectivity index (χ0n) is 17.2. The molecule has 1 aromatic rings. The van der Waals surface area contributed by atoms with Crippen LogP contribution in [-0.2, 0) is 24.5 Å². The van der Waals surface area contributed by atoms with Crippen LogP contribution >= 0.6 is 0 Å². The number of nitrogens with zero attached hydrogens (tertiary/aromatic N) is 1. The lowest BCUT2D eigenvalue weighted by molar-refractivity contribution is -0.143. The summed E-state index contributed by atoms with van der Waals surface area (Å²) in [6.07, 6.45) is -0.599. The van der Waals surface area contributed by atoms with Crippen molar-refractivity contribution < 1.29 is 28.2 Å². The molecule has 3 rings (SSSR count). The molecule has 0 unspecified atom stereocenters. The number of anilines is 1. The lowest BCUT2D eigenvalue weighted by Gasteiger charge is -2.27. The van der Waals surface area contributed by atoms with Gasteiger partial charge < -0.3 is 14.8 Å². The van der Waals surface area contributed by atoms with Crippen molar-refractivity contribution in [3.05, 3.63) is 29.8 Å². The number of hydrogen-bond acceptors (Lipinski definition) is 5. The second kappa shape index (κ2) is 7.65. The van der Waals surface area contributed by atoms with Gasteiger partial charge in [-0.15, -0.1) is 0 Å². The first-order valence-corrected chi connectivity index (χ1v) is 9.69. The molecule has 1 saturated carbocycles. The molecule has 0 aromatic heterocycles. The fourth-order valence-corrected chi connectivity index (χ4v) is 3.58. The van der Waals surface area contributed by atoms with Crippen molar-refractivity contribution in [1.82, 2.24) is 4.90 Å². The van der Waals surface area contributed by atoms with E-state index in [1.165, 1.54) is 7.11 Å². The Morgan fingerprint density at radius 3 is 2.31 bits per heavy atom. The molecule has 7 nitrogen and oxygen atoms in total. The van der Waals surface area contributed by atoms with E-state index in [-0.39, 0.29) is 18.9 Å². The first-order valence-electron chi connectivity index (χ1n) is 9.69. The van der Waals surface area contributed by atoms with Gasteiger partial charge in [0.15, 0.2) is 0 Å². The van der Waals surface area contributed by atoms with Crippen LogP contribution in [-0.4, -0.2) is 54.3 Å². The summed E-state index contributed by atoms with van der Waals surface area (Å²) in [5.74, 6) is -0.736. The van der Waals surface area contributed by atoms with E-state index in [0.717, 1.165) is 23.3 Å². The maximum atomic E-state index is 13.9. The fraction of sp³-hybridized carbons (Fsp3) is 0.571. The van der Waals surface area contributed by atoms with E-state index >= 15 is 0 Å². The molecule has 2 amide bonds. The van der Waals surface area contributed by atoms with Crippen LogP contribution < -0.4 is 5.32 Å². The maximum absolute atomic E-state index is 13.9. The van der Waals surface area contributed by atoms with Gasteiger partial charge in [0.05, 0.1) is 19.1 Å². The van der Waals surface area contributed by atoms with E-state index in [4.69, 9.17) is 9.47 Å². The predicted molar refractivity (Wildman–Crippen MR) is 104 cm³/mol. The van der Waals surface area contributed by atoms with E-state index in [2.05, 4.69) is 5.32 Å². The molecule has 158 valence electrons. The normalized spacial score (nSPS) is 22.7. The largest absolute Gasteiger partial charge is 0.468 e. The minimum Gasteiger partial charge on any atom is -0.468 e. The van der Waals surface area contributed by atoms with Crippen LogP contribution in [0.1, 0.15) is 45.6 Å². The minimum atomic E-state index is -1.28. The Balaban J connectivity index is 1.67. The number of carbonyl (C=O) groups excluding carboxylic acids is 3. The van der Waals surface area contributed by atoms with Crippen LogP contribution in [0, 0.1) is 0 Å². The number of nitrogens with one attached hydrogen (secondary N) is 1. The highest BCUT2D eigenvalue weighted by atomic mass is 19.1. The van der Waals surface area contributed by atoms with Crippen molar-refractivity contribution in [2.75, 3.05) is 19.0 Å². The molecule has 2 fully saturated rings. The summed E-state index contributed by atoms with van der Waals surface area (Å²) in [5.41, 5.74) is 0.0200. The SMILES string of the molecule is COC(=O)C1(c2ccc(NC(=O)[C@H]3C[C@H](F)CN3C(=O)OC(C)(C)C)cc2)CC1. The molecule has 0 radical (unpaired) electrons. The summed E-state index contributed by atoms with van der Waals surface area (Å²) in [5, 5.41) is 2.72. The van der Waals surface area contributed by atoms with Crippen LogP contribution in [0.5, 0.6) is 0 Å². The number of esters is 1. The van der Waals surface area contributed by atoms with E-state index < -0.39 is 35.2 Å². The van der Waals surface area contributed by atoms with Crippen molar-refractivity contribution >= 4 is 23.7 Å². The van der Waals surface area contributed by atoms with E-state index in [1.54, 1.807) is 45.0 Å². The summed E-state index contributed by atoms with van der Waals surface area (Å²) in [6, 6.07) is 5.99. The molecule has 1 N–H and O–H groups in total. The van der Waals surface area contributed by atoms with Crippen molar-refractivity contribution in [2.45, 2.75) is 63.3 Å². The number of amides is 2. The van der Waals surface area contributed by atoms with Gasteiger partial charge in [0, 0.05) is 12.1 Å². The molecule has 1 saturated heterocycles. The van der Waals surface area contributed by atoms with Gasteiger partial charge in [-0.1, -0.05) is 12.1 Å². The zero-order valence-corrected chi connectivity index (χ0v) is 17.2. The lowest BCUT2D eigenvalue weighted by atomic mass is 9.96. The molecule has 1 aromatic carbocycles. The molecule has 1 aliphatic heterocycles. The lowest BCUT2D eigenvalue weighted by Crippen LogP contribution is -2.45. The maximum Gasteiger partial charge on any atom is 0.411 e. The summed E-state index contributed by atoms with van der Waals surface area (Å²) >= 11 is 0. The van der Waals surface area contributed by atoms with E-state index in [0.29, 0.717) is 5.69 Å². The number of carbonyl (C=O) groups is 3. The third-order valence-corrected chi connectivity index (χ3v) is 5.21. The number of ether oxygens (including phenoxy) is 2. The molecule has 2 aliphatic rings. The van der Waals surface area contributed by atoms with Crippen molar-refractivity contribution in [3.8, 4) is 0 Å². The van der Waals surface area contributed by atoms with Crippen molar-refractivity contribution in [1.29, 1.82) is 0 Å². The van der Waals surface area contributed by atoms with Gasteiger partial charge >= 0.3 is 12.1 Å². The van der Waals surface area contributed by atoms with Crippen LogP contribution in [0.2, 0.25) is 0 Å². The Morgan fingerprint density at radius 1 is 1.17 bits per heavy atom. The smallest absolute Gasteiger partial charge is 0.411 e. The Bertz CT molecular complexity index is 798. The number of likely N-dealkylation sites (tertiary alicyclic amines) is 1. The van der Waals surface area contributed by atoms with Crippen molar-refractivity contribution in [3.63, 3.8) is 0 Å². The first kappa shape index (κ1) is 21.1. The highest BCUT2D eigenvalue weighted by Gasteiger charge is 2.52. The predicted octanol–water partition coefficient (Wildman–Crippen LogP) is 3.18. The number of alkyl halides is 1. The molecule has 29 heavy (non-hydrogen) atoms.